The molecule has 130 valence electrons. The van der Waals surface area contributed by atoms with Crippen LogP contribution in [0.4, 0.5) is 5.69 Å². The standard InChI is InChI=1S/C19H19NO5/c1-12-7-13(2)9-14(8-12)20-18(21)11-24-19(22)17-10-23-15-5-3-4-6-16(15)25-17/h3-9,17H,10-11H2,1-2H3,(H,20,21)/t17-/m1/s1. The van der Waals surface area contributed by atoms with Gasteiger partial charge in [0, 0.05) is 5.69 Å². The molecule has 1 aliphatic rings. The predicted molar refractivity (Wildman–Crippen MR) is 91.9 cm³/mol. The summed E-state index contributed by atoms with van der Waals surface area (Å²) in [6.07, 6.45) is -0.885. The zero-order valence-electron chi connectivity index (χ0n) is 14.1. The van der Waals surface area contributed by atoms with Crippen LogP contribution in [-0.2, 0) is 14.3 Å². The van der Waals surface area contributed by atoms with Gasteiger partial charge in [-0.05, 0) is 49.2 Å². The van der Waals surface area contributed by atoms with Gasteiger partial charge in [-0.2, -0.15) is 0 Å². The van der Waals surface area contributed by atoms with Crippen molar-refractivity contribution in [2.24, 2.45) is 0 Å². The fourth-order valence-corrected chi connectivity index (χ4v) is 2.61. The van der Waals surface area contributed by atoms with Gasteiger partial charge < -0.3 is 19.5 Å². The molecule has 0 radical (unpaired) electrons. The summed E-state index contributed by atoms with van der Waals surface area (Å²) in [7, 11) is 0. The van der Waals surface area contributed by atoms with Crippen LogP contribution in [0.5, 0.6) is 11.5 Å². The van der Waals surface area contributed by atoms with Gasteiger partial charge in [-0.15, -0.1) is 0 Å². The lowest BCUT2D eigenvalue weighted by Crippen LogP contribution is -2.39. The number of benzene rings is 2. The first-order valence-electron chi connectivity index (χ1n) is 7.94. The smallest absolute Gasteiger partial charge is 0.351 e. The first kappa shape index (κ1) is 16.8. The molecular formula is C19H19NO5. The van der Waals surface area contributed by atoms with Crippen LogP contribution in [0.25, 0.3) is 0 Å². The summed E-state index contributed by atoms with van der Waals surface area (Å²) in [6, 6.07) is 12.8. The molecule has 0 bridgehead atoms. The number of fused-ring (bicyclic) bond motifs is 1. The quantitative estimate of drug-likeness (QED) is 0.866. The highest BCUT2D eigenvalue weighted by Crippen LogP contribution is 2.31. The molecule has 1 heterocycles. The molecule has 0 aromatic heterocycles. The van der Waals surface area contributed by atoms with Crippen LogP contribution in [0.2, 0.25) is 0 Å². The van der Waals surface area contributed by atoms with Gasteiger partial charge in [0.05, 0.1) is 0 Å². The Morgan fingerprint density at radius 3 is 2.52 bits per heavy atom. The van der Waals surface area contributed by atoms with E-state index >= 15 is 0 Å². The zero-order valence-corrected chi connectivity index (χ0v) is 14.1. The predicted octanol–water partition coefficient (Wildman–Crippen LogP) is 2.63. The number of para-hydroxylation sites is 2. The number of rotatable bonds is 4. The van der Waals surface area contributed by atoms with Gasteiger partial charge in [0.25, 0.3) is 5.91 Å². The Hall–Kier alpha value is -3.02. The van der Waals surface area contributed by atoms with Crippen molar-refractivity contribution in [3.63, 3.8) is 0 Å². The van der Waals surface area contributed by atoms with Crippen LogP contribution in [0, 0.1) is 13.8 Å². The number of esters is 1. The molecule has 1 N–H and O–H groups in total. The van der Waals surface area contributed by atoms with Crippen molar-refractivity contribution in [3.05, 3.63) is 53.6 Å². The van der Waals surface area contributed by atoms with Crippen LogP contribution in [0.1, 0.15) is 11.1 Å². The normalized spacial score (nSPS) is 15.4. The Morgan fingerprint density at radius 1 is 1.12 bits per heavy atom. The summed E-state index contributed by atoms with van der Waals surface area (Å²) in [5.74, 6) is 0.0232. The van der Waals surface area contributed by atoms with Crippen LogP contribution in [-0.4, -0.2) is 31.2 Å². The highest BCUT2D eigenvalue weighted by Gasteiger charge is 2.29. The van der Waals surface area contributed by atoms with E-state index in [1.165, 1.54) is 0 Å². The maximum Gasteiger partial charge on any atom is 0.351 e. The van der Waals surface area contributed by atoms with E-state index in [1.807, 2.05) is 38.1 Å². The summed E-state index contributed by atoms with van der Waals surface area (Å²) in [6.45, 7) is 3.56. The third-order valence-corrected chi connectivity index (χ3v) is 3.62. The van der Waals surface area contributed by atoms with Crippen LogP contribution >= 0.6 is 0 Å². The van der Waals surface area contributed by atoms with Crippen molar-refractivity contribution in [2.45, 2.75) is 20.0 Å². The van der Waals surface area contributed by atoms with Crippen LogP contribution < -0.4 is 14.8 Å². The molecule has 1 amide bonds. The van der Waals surface area contributed by atoms with E-state index < -0.39 is 18.0 Å². The molecule has 0 unspecified atom stereocenters. The van der Waals surface area contributed by atoms with Crippen molar-refractivity contribution in [2.75, 3.05) is 18.5 Å². The summed E-state index contributed by atoms with van der Waals surface area (Å²) in [4.78, 5) is 24.0. The minimum atomic E-state index is -0.885. The molecule has 6 nitrogen and oxygen atoms in total. The number of ether oxygens (including phenoxy) is 3. The lowest BCUT2D eigenvalue weighted by molar-refractivity contribution is -0.156. The highest BCUT2D eigenvalue weighted by atomic mass is 16.6. The Labute approximate surface area is 145 Å². The Morgan fingerprint density at radius 2 is 1.80 bits per heavy atom. The Balaban J connectivity index is 1.51. The van der Waals surface area contributed by atoms with Gasteiger partial charge >= 0.3 is 5.97 Å². The monoisotopic (exact) mass is 341 g/mol. The van der Waals surface area contributed by atoms with E-state index in [0.717, 1.165) is 11.1 Å². The lowest BCUT2D eigenvalue weighted by atomic mass is 10.1. The van der Waals surface area contributed by atoms with Crippen LogP contribution in [0.15, 0.2) is 42.5 Å². The van der Waals surface area contributed by atoms with Gasteiger partial charge in [-0.1, -0.05) is 18.2 Å². The fourth-order valence-electron chi connectivity index (χ4n) is 2.61. The number of amides is 1. The summed E-state index contributed by atoms with van der Waals surface area (Å²) in [5.41, 5.74) is 2.75. The minimum absolute atomic E-state index is 0.0501. The van der Waals surface area contributed by atoms with Gasteiger partial charge in [-0.25, -0.2) is 4.79 Å². The number of hydrogen-bond donors (Lipinski definition) is 1. The number of anilines is 1. The van der Waals surface area contributed by atoms with Crippen molar-refractivity contribution in [3.8, 4) is 11.5 Å². The van der Waals surface area contributed by atoms with Crippen LogP contribution in [0.3, 0.4) is 0 Å². The minimum Gasteiger partial charge on any atom is -0.485 e. The van der Waals surface area contributed by atoms with E-state index in [-0.39, 0.29) is 13.2 Å². The third kappa shape index (κ3) is 4.29. The lowest BCUT2D eigenvalue weighted by Gasteiger charge is -2.24. The number of carbonyl (C=O) groups excluding carboxylic acids is 2. The second-order valence-electron chi connectivity index (χ2n) is 5.90. The third-order valence-electron chi connectivity index (χ3n) is 3.62. The Bertz CT molecular complexity index is 782. The maximum absolute atomic E-state index is 12.1. The SMILES string of the molecule is Cc1cc(C)cc(NC(=O)COC(=O)[C@H]2COc3ccccc3O2)c1. The molecule has 1 atom stereocenters. The molecule has 2 aromatic rings. The molecule has 25 heavy (non-hydrogen) atoms. The number of hydrogen-bond acceptors (Lipinski definition) is 5. The average molecular weight is 341 g/mol. The first-order chi connectivity index (χ1) is 12.0. The fraction of sp³-hybridized carbons (Fsp3) is 0.263. The molecular weight excluding hydrogens is 322 g/mol. The number of aryl methyl sites for hydroxylation is 2. The Kier molecular flexibility index (Phi) is 4.88. The topological polar surface area (TPSA) is 73.9 Å². The first-order valence-corrected chi connectivity index (χ1v) is 7.94. The molecule has 1 aliphatic heterocycles. The van der Waals surface area contributed by atoms with Gasteiger partial charge in [-0.3, -0.25) is 4.79 Å². The van der Waals surface area contributed by atoms with Gasteiger partial charge in [0.1, 0.15) is 6.61 Å². The van der Waals surface area contributed by atoms with E-state index in [0.29, 0.717) is 17.2 Å². The average Bonchev–Trinajstić information content (AvgIpc) is 2.58. The van der Waals surface area contributed by atoms with E-state index in [1.54, 1.807) is 18.2 Å². The summed E-state index contributed by atoms with van der Waals surface area (Å²) in [5, 5.41) is 2.71. The summed E-state index contributed by atoms with van der Waals surface area (Å²) >= 11 is 0. The second-order valence-corrected chi connectivity index (χ2v) is 5.90. The molecule has 0 spiro atoms. The largest absolute Gasteiger partial charge is 0.485 e. The molecule has 0 saturated heterocycles. The van der Waals surface area contributed by atoms with Crippen molar-refractivity contribution in [1.82, 2.24) is 0 Å². The van der Waals surface area contributed by atoms with Crippen molar-refractivity contribution < 1.29 is 23.8 Å². The zero-order chi connectivity index (χ0) is 17.8. The molecule has 2 aromatic carbocycles. The van der Waals surface area contributed by atoms with Gasteiger partial charge in [0.15, 0.2) is 18.1 Å². The van der Waals surface area contributed by atoms with Gasteiger partial charge in [0.2, 0.25) is 6.10 Å². The summed E-state index contributed by atoms with van der Waals surface area (Å²) < 4.78 is 16.0. The number of carbonyl (C=O) groups is 2. The number of nitrogens with one attached hydrogen (secondary N) is 1. The second kappa shape index (κ2) is 7.25. The molecule has 0 aliphatic carbocycles. The molecule has 6 heteroatoms. The molecule has 0 fully saturated rings. The highest BCUT2D eigenvalue weighted by molar-refractivity contribution is 5.93. The van der Waals surface area contributed by atoms with E-state index in [4.69, 9.17) is 14.2 Å². The van der Waals surface area contributed by atoms with E-state index in [9.17, 15) is 9.59 Å². The molecule has 0 saturated carbocycles. The van der Waals surface area contributed by atoms with E-state index in [2.05, 4.69) is 5.32 Å². The van der Waals surface area contributed by atoms with Crippen molar-refractivity contribution >= 4 is 17.6 Å². The van der Waals surface area contributed by atoms with Crippen molar-refractivity contribution in [1.29, 1.82) is 0 Å². The molecule has 3 rings (SSSR count). The maximum atomic E-state index is 12.1.